The van der Waals surface area contributed by atoms with Crippen molar-refractivity contribution in [2.75, 3.05) is 5.32 Å². The van der Waals surface area contributed by atoms with Crippen LogP contribution < -0.4 is 5.32 Å². The fourth-order valence-electron chi connectivity index (χ4n) is 2.76. The minimum Gasteiger partial charge on any atom is -0.306 e. The second kappa shape index (κ2) is 5.79. The van der Waals surface area contributed by atoms with Gasteiger partial charge in [-0.05, 0) is 31.9 Å². The fourth-order valence-corrected chi connectivity index (χ4v) is 3.53. The SMILES string of the molecule is Cc1ccc(C(=O)Nc2ccnn2C2CCCCC2)s1. The number of amides is 1. The first-order valence-electron chi connectivity index (χ1n) is 7.15. The number of rotatable bonds is 3. The van der Waals surface area contributed by atoms with Crippen LogP contribution in [0.4, 0.5) is 5.82 Å². The molecule has 1 N–H and O–H groups in total. The number of carbonyl (C=O) groups is 1. The number of hydrogen-bond donors (Lipinski definition) is 1. The normalized spacial score (nSPS) is 16.2. The number of anilines is 1. The van der Waals surface area contributed by atoms with E-state index in [1.54, 1.807) is 6.20 Å². The first kappa shape index (κ1) is 13.4. The minimum atomic E-state index is -0.0411. The Morgan fingerprint density at radius 3 is 2.80 bits per heavy atom. The van der Waals surface area contributed by atoms with Gasteiger partial charge in [-0.2, -0.15) is 5.10 Å². The number of aromatic nitrogens is 2. The highest BCUT2D eigenvalue weighted by molar-refractivity contribution is 7.14. The van der Waals surface area contributed by atoms with E-state index in [0.29, 0.717) is 6.04 Å². The van der Waals surface area contributed by atoms with Crippen molar-refractivity contribution in [3.63, 3.8) is 0 Å². The summed E-state index contributed by atoms with van der Waals surface area (Å²) in [5.41, 5.74) is 0. The maximum Gasteiger partial charge on any atom is 0.266 e. The standard InChI is InChI=1S/C15H19N3OS/c1-11-7-8-13(20-11)15(19)17-14-9-10-16-18(14)12-5-3-2-4-6-12/h7-10,12H,2-6H2,1H3,(H,17,19). The van der Waals surface area contributed by atoms with Gasteiger partial charge in [0.15, 0.2) is 0 Å². The van der Waals surface area contributed by atoms with Crippen molar-refractivity contribution < 1.29 is 4.79 Å². The molecule has 1 aliphatic carbocycles. The van der Waals surface area contributed by atoms with Crippen LogP contribution in [0.3, 0.4) is 0 Å². The molecule has 0 atom stereocenters. The van der Waals surface area contributed by atoms with Crippen molar-refractivity contribution in [2.24, 2.45) is 0 Å². The molecule has 2 heterocycles. The molecule has 0 aliphatic heterocycles. The van der Waals surface area contributed by atoms with Crippen molar-refractivity contribution in [1.82, 2.24) is 9.78 Å². The Kier molecular flexibility index (Phi) is 3.87. The second-order valence-corrected chi connectivity index (χ2v) is 6.61. The van der Waals surface area contributed by atoms with Crippen molar-refractivity contribution in [2.45, 2.75) is 45.1 Å². The summed E-state index contributed by atoms with van der Waals surface area (Å²) in [6.45, 7) is 2.01. The minimum absolute atomic E-state index is 0.0411. The maximum absolute atomic E-state index is 12.2. The third kappa shape index (κ3) is 2.77. The van der Waals surface area contributed by atoms with E-state index >= 15 is 0 Å². The van der Waals surface area contributed by atoms with E-state index in [-0.39, 0.29) is 5.91 Å². The van der Waals surface area contributed by atoms with E-state index in [1.807, 2.05) is 29.8 Å². The van der Waals surface area contributed by atoms with Crippen LogP contribution in [-0.2, 0) is 0 Å². The first-order valence-corrected chi connectivity index (χ1v) is 7.97. The second-order valence-electron chi connectivity index (χ2n) is 5.32. The zero-order valence-corrected chi connectivity index (χ0v) is 12.4. The van der Waals surface area contributed by atoms with Gasteiger partial charge in [-0.1, -0.05) is 19.3 Å². The molecule has 0 unspecified atom stereocenters. The van der Waals surface area contributed by atoms with E-state index in [2.05, 4.69) is 10.4 Å². The third-order valence-electron chi connectivity index (χ3n) is 3.80. The average molecular weight is 289 g/mol. The number of thiophene rings is 1. The Labute approximate surface area is 122 Å². The first-order chi connectivity index (χ1) is 9.74. The Hall–Kier alpha value is -1.62. The maximum atomic E-state index is 12.2. The van der Waals surface area contributed by atoms with Gasteiger partial charge in [0.1, 0.15) is 5.82 Å². The molecule has 20 heavy (non-hydrogen) atoms. The van der Waals surface area contributed by atoms with Crippen LogP contribution in [0, 0.1) is 6.92 Å². The molecule has 1 aliphatic rings. The zero-order valence-electron chi connectivity index (χ0n) is 11.6. The quantitative estimate of drug-likeness (QED) is 0.928. The van der Waals surface area contributed by atoms with Gasteiger partial charge >= 0.3 is 0 Å². The van der Waals surface area contributed by atoms with Crippen LogP contribution in [-0.4, -0.2) is 15.7 Å². The summed E-state index contributed by atoms with van der Waals surface area (Å²) in [7, 11) is 0. The molecule has 5 heteroatoms. The topological polar surface area (TPSA) is 46.9 Å². The predicted molar refractivity (Wildman–Crippen MR) is 81.4 cm³/mol. The Balaban J connectivity index is 1.74. The van der Waals surface area contributed by atoms with E-state index in [4.69, 9.17) is 0 Å². The summed E-state index contributed by atoms with van der Waals surface area (Å²) in [5.74, 6) is 0.772. The third-order valence-corrected chi connectivity index (χ3v) is 4.80. The van der Waals surface area contributed by atoms with Gasteiger partial charge in [0, 0.05) is 10.9 Å². The highest BCUT2D eigenvalue weighted by atomic mass is 32.1. The van der Waals surface area contributed by atoms with E-state index < -0.39 is 0 Å². The van der Waals surface area contributed by atoms with E-state index in [0.717, 1.165) is 28.4 Å². The molecule has 2 aromatic heterocycles. The van der Waals surface area contributed by atoms with Crippen molar-refractivity contribution in [1.29, 1.82) is 0 Å². The number of aryl methyl sites for hydroxylation is 1. The summed E-state index contributed by atoms with van der Waals surface area (Å²) in [5, 5.41) is 7.39. The Bertz CT molecular complexity index is 596. The van der Waals surface area contributed by atoms with Crippen LogP contribution >= 0.6 is 11.3 Å². The largest absolute Gasteiger partial charge is 0.306 e. The number of nitrogens with zero attached hydrogens (tertiary/aromatic N) is 2. The highest BCUT2D eigenvalue weighted by Gasteiger charge is 2.19. The molecule has 3 rings (SSSR count). The lowest BCUT2D eigenvalue weighted by molar-refractivity contribution is 0.102. The van der Waals surface area contributed by atoms with Gasteiger partial charge < -0.3 is 5.32 Å². The molecule has 2 aromatic rings. The fraction of sp³-hybridized carbons (Fsp3) is 0.467. The van der Waals surface area contributed by atoms with Gasteiger partial charge in [0.25, 0.3) is 5.91 Å². The van der Waals surface area contributed by atoms with E-state index in [9.17, 15) is 4.79 Å². The summed E-state index contributed by atoms with van der Waals surface area (Å²) in [6, 6.07) is 6.15. The smallest absolute Gasteiger partial charge is 0.266 e. The summed E-state index contributed by atoms with van der Waals surface area (Å²) < 4.78 is 1.98. The number of carbonyl (C=O) groups excluding carboxylic acids is 1. The summed E-state index contributed by atoms with van der Waals surface area (Å²) >= 11 is 1.52. The molecule has 1 amide bonds. The monoisotopic (exact) mass is 289 g/mol. The molecule has 1 saturated carbocycles. The molecule has 0 radical (unpaired) electrons. The van der Waals surface area contributed by atoms with Crippen molar-refractivity contribution in [3.8, 4) is 0 Å². The molecular formula is C15H19N3OS. The summed E-state index contributed by atoms with van der Waals surface area (Å²) in [6.07, 6.45) is 7.90. The molecule has 0 bridgehead atoms. The van der Waals surface area contributed by atoms with E-state index in [1.165, 1.54) is 30.6 Å². The Morgan fingerprint density at radius 1 is 1.30 bits per heavy atom. The molecule has 0 spiro atoms. The van der Waals surface area contributed by atoms with Gasteiger partial charge in [0.05, 0.1) is 17.1 Å². The number of hydrogen-bond acceptors (Lipinski definition) is 3. The van der Waals surface area contributed by atoms with Crippen LogP contribution in [0.5, 0.6) is 0 Å². The van der Waals surface area contributed by atoms with Crippen molar-refractivity contribution >= 4 is 23.1 Å². The molecule has 1 fully saturated rings. The van der Waals surface area contributed by atoms with Crippen LogP contribution in [0.25, 0.3) is 0 Å². The molecule has 0 saturated heterocycles. The molecular weight excluding hydrogens is 270 g/mol. The lowest BCUT2D eigenvalue weighted by Crippen LogP contribution is -2.19. The van der Waals surface area contributed by atoms with Gasteiger partial charge in [-0.15, -0.1) is 11.3 Å². The Morgan fingerprint density at radius 2 is 2.10 bits per heavy atom. The van der Waals surface area contributed by atoms with Gasteiger partial charge in [0.2, 0.25) is 0 Å². The molecule has 0 aromatic carbocycles. The van der Waals surface area contributed by atoms with Crippen LogP contribution in [0.1, 0.15) is 52.7 Å². The molecule has 106 valence electrons. The highest BCUT2D eigenvalue weighted by Crippen LogP contribution is 2.30. The van der Waals surface area contributed by atoms with Crippen molar-refractivity contribution in [3.05, 3.63) is 34.2 Å². The lowest BCUT2D eigenvalue weighted by Gasteiger charge is -2.23. The van der Waals surface area contributed by atoms with Gasteiger partial charge in [-0.25, -0.2) is 4.68 Å². The van der Waals surface area contributed by atoms with Crippen LogP contribution in [0.15, 0.2) is 24.4 Å². The summed E-state index contributed by atoms with van der Waals surface area (Å²) in [4.78, 5) is 14.1. The predicted octanol–water partition coefficient (Wildman–Crippen LogP) is 4.01. The van der Waals surface area contributed by atoms with Gasteiger partial charge in [-0.3, -0.25) is 4.79 Å². The average Bonchev–Trinajstić information content (AvgIpc) is 3.09. The molecule has 4 nitrogen and oxygen atoms in total. The zero-order chi connectivity index (χ0) is 13.9. The lowest BCUT2D eigenvalue weighted by atomic mass is 9.96. The number of nitrogens with one attached hydrogen (secondary N) is 1. The van der Waals surface area contributed by atoms with Crippen LogP contribution in [0.2, 0.25) is 0 Å².